The smallest absolute Gasteiger partial charge is 0.264 e. The molecule has 0 atom stereocenters. The Morgan fingerprint density at radius 1 is 1.29 bits per heavy atom. The fraction of sp³-hybridized carbons (Fsp3) is 0.357. The second-order valence-corrected chi connectivity index (χ2v) is 4.63. The van der Waals surface area contributed by atoms with Crippen LogP contribution in [0.15, 0.2) is 18.2 Å². The number of para-hydroxylation sites is 1. The van der Waals surface area contributed by atoms with Crippen LogP contribution in [0, 0.1) is 0 Å². The summed E-state index contributed by atoms with van der Waals surface area (Å²) in [6, 6.07) is 5.05. The monoisotopic (exact) mass is 291 g/mol. The van der Waals surface area contributed by atoms with E-state index >= 15 is 0 Å². The molecule has 3 amide bonds. The van der Waals surface area contributed by atoms with Crippen LogP contribution in [0.25, 0.3) is 0 Å². The van der Waals surface area contributed by atoms with Crippen LogP contribution in [0.1, 0.15) is 17.3 Å². The first-order chi connectivity index (χ1) is 10.0. The third-order valence-electron chi connectivity index (χ3n) is 3.10. The SMILES string of the molecule is CC(=O)NCCNC(=O)c1cccc2c1OCC(=O)N2C. The van der Waals surface area contributed by atoms with Crippen molar-refractivity contribution in [2.45, 2.75) is 6.92 Å². The number of rotatable bonds is 4. The quantitative estimate of drug-likeness (QED) is 0.759. The summed E-state index contributed by atoms with van der Waals surface area (Å²) in [6.07, 6.45) is 0. The minimum absolute atomic E-state index is 0.0836. The number of amides is 3. The number of hydrogen-bond donors (Lipinski definition) is 2. The van der Waals surface area contributed by atoms with Gasteiger partial charge in [-0.2, -0.15) is 0 Å². The van der Waals surface area contributed by atoms with E-state index in [1.165, 1.54) is 11.8 Å². The number of carbonyl (C=O) groups is 3. The number of anilines is 1. The highest BCUT2D eigenvalue weighted by atomic mass is 16.5. The zero-order valence-corrected chi connectivity index (χ0v) is 11.9. The van der Waals surface area contributed by atoms with Crippen LogP contribution in [-0.2, 0) is 9.59 Å². The number of likely N-dealkylation sites (N-methyl/N-ethyl adjacent to an activating group) is 1. The number of nitrogens with zero attached hydrogens (tertiary/aromatic N) is 1. The topological polar surface area (TPSA) is 87.7 Å². The Balaban J connectivity index is 2.08. The lowest BCUT2D eigenvalue weighted by Crippen LogP contribution is -2.37. The molecule has 0 aliphatic carbocycles. The third-order valence-corrected chi connectivity index (χ3v) is 3.10. The molecule has 7 heteroatoms. The average Bonchev–Trinajstić information content (AvgIpc) is 2.46. The molecular weight excluding hydrogens is 274 g/mol. The van der Waals surface area contributed by atoms with Crippen molar-refractivity contribution in [3.63, 3.8) is 0 Å². The fourth-order valence-corrected chi connectivity index (χ4v) is 1.99. The van der Waals surface area contributed by atoms with E-state index in [2.05, 4.69) is 10.6 Å². The molecule has 112 valence electrons. The van der Waals surface area contributed by atoms with Crippen LogP contribution in [0.2, 0.25) is 0 Å². The van der Waals surface area contributed by atoms with Gasteiger partial charge in [0.1, 0.15) is 0 Å². The zero-order valence-electron chi connectivity index (χ0n) is 11.9. The highest BCUT2D eigenvalue weighted by Gasteiger charge is 2.26. The Kier molecular flexibility index (Phi) is 4.42. The standard InChI is InChI=1S/C14H17N3O4/c1-9(18)15-6-7-16-14(20)10-4-3-5-11-13(10)21-8-12(19)17(11)2/h3-5H,6-8H2,1-2H3,(H,15,18)(H,16,20). The highest BCUT2D eigenvalue weighted by Crippen LogP contribution is 2.34. The Labute approximate surface area is 122 Å². The molecule has 1 aromatic carbocycles. The minimum atomic E-state index is -0.306. The van der Waals surface area contributed by atoms with Crippen molar-refractivity contribution >= 4 is 23.4 Å². The van der Waals surface area contributed by atoms with Crippen LogP contribution in [0.3, 0.4) is 0 Å². The number of carbonyl (C=O) groups excluding carboxylic acids is 3. The lowest BCUT2D eigenvalue weighted by Gasteiger charge is -2.27. The van der Waals surface area contributed by atoms with Gasteiger partial charge in [0, 0.05) is 27.1 Å². The molecule has 1 heterocycles. The summed E-state index contributed by atoms with van der Waals surface area (Å²) >= 11 is 0. The number of nitrogens with one attached hydrogen (secondary N) is 2. The summed E-state index contributed by atoms with van der Waals surface area (Å²) in [6.45, 7) is 2.00. The van der Waals surface area contributed by atoms with E-state index < -0.39 is 0 Å². The van der Waals surface area contributed by atoms with Crippen molar-refractivity contribution in [3.8, 4) is 5.75 Å². The van der Waals surface area contributed by atoms with E-state index in [1.54, 1.807) is 25.2 Å². The Morgan fingerprint density at radius 3 is 2.71 bits per heavy atom. The van der Waals surface area contributed by atoms with E-state index in [4.69, 9.17) is 4.74 Å². The van der Waals surface area contributed by atoms with Gasteiger partial charge in [0.15, 0.2) is 12.4 Å². The molecule has 0 spiro atoms. The van der Waals surface area contributed by atoms with Crippen LogP contribution < -0.4 is 20.3 Å². The molecule has 1 aromatic rings. The largest absolute Gasteiger partial charge is 0.481 e. The second kappa shape index (κ2) is 6.25. The van der Waals surface area contributed by atoms with E-state index in [-0.39, 0.29) is 24.3 Å². The van der Waals surface area contributed by atoms with Gasteiger partial charge in [-0.25, -0.2) is 0 Å². The van der Waals surface area contributed by atoms with Crippen molar-refractivity contribution < 1.29 is 19.1 Å². The fourth-order valence-electron chi connectivity index (χ4n) is 1.99. The first-order valence-corrected chi connectivity index (χ1v) is 6.55. The summed E-state index contributed by atoms with van der Waals surface area (Å²) in [5.74, 6) is -0.216. The molecular formula is C14H17N3O4. The van der Waals surface area contributed by atoms with Crippen molar-refractivity contribution in [2.24, 2.45) is 0 Å². The summed E-state index contributed by atoms with van der Waals surface area (Å²) in [5.41, 5.74) is 0.940. The van der Waals surface area contributed by atoms with Crippen LogP contribution in [-0.4, -0.2) is 44.5 Å². The number of hydrogen-bond acceptors (Lipinski definition) is 4. The van der Waals surface area contributed by atoms with Gasteiger partial charge < -0.3 is 20.3 Å². The van der Waals surface area contributed by atoms with E-state index in [1.807, 2.05) is 0 Å². The summed E-state index contributed by atoms with van der Waals surface area (Å²) in [5, 5.41) is 5.28. The predicted octanol–water partition coefficient (Wildman–Crippen LogP) is -0.0923. The lowest BCUT2D eigenvalue weighted by molar-refractivity contribution is -0.121. The first kappa shape index (κ1) is 14.8. The Morgan fingerprint density at radius 2 is 2.00 bits per heavy atom. The van der Waals surface area contributed by atoms with Crippen LogP contribution in [0.4, 0.5) is 5.69 Å². The van der Waals surface area contributed by atoms with Gasteiger partial charge in [0.25, 0.3) is 11.8 Å². The van der Waals surface area contributed by atoms with Gasteiger partial charge in [-0.1, -0.05) is 6.07 Å². The van der Waals surface area contributed by atoms with Crippen molar-refractivity contribution in [1.82, 2.24) is 10.6 Å². The van der Waals surface area contributed by atoms with Crippen molar-refractivity contribution in [3.05, 3.63) is 23.8 Å². The van der Waals surface area contributed by atoms with Gasteiger partial charge in [-0.05, 0) is 12.1 Å². The van der Waals surface area contributed by atoms with Gasteiger partial charge in [0.05, 0.1) is 11.3 Å². The molecule has 2 rings (SSSR count). The lowest BCUT2D eigenvalue weighted by atomic mass is 10.1. The van der Waals surface area contributed by atoms with Crippen molar-refractivity contribution in [1.29, 1.82) is 0 Å². The Hall–Kier alpha value is -2.57. The molecule has 0 aromatic heterocycles. The molecule has 21 heavy (non-hydrogen) atoms. The number of fused-ring (bicyclic) bond motifs is 1. The number of benzene rings is 1. The maximum Gasteiger partial charge on any atom is 0.264 e. The molecule has 0 saturated carbocycles. The molecule has 2 N–H and O–H groups in total. The highest BCUT2D eigenvalue weighted by molar-refractivity contribution is 6.03. The summed E-state index contributed by atoms with van der Waals surface area (Å²) in [4.78, 5) is 35.9. The maximum atomic E-state index is 12.1. The van der Waals surface area contributed by atoms with Gasteiger partial charge >= 0.3 is 0 Å². The van der Waals surface area contributed by atoms with Crippen LogP contribution >= 0.6 is 0 Å². The zero-order chi connectivity index (χ0) is 15.4. The van der Waals surface area contributed by atoms with E-state index in [9.17, 15) is 14.4 Å². The Bertz CT molecular complexity index is 586. The van der Waals surface area contributed by atoms with Gasteiger partial charge in [-0.3, -0.25) is 14.4 Å². The molecule has 0 radical (unpaired) electrons. The molecule has 7 nitrogen and oxygen atoms in total. The normalized spacial score (nSPS) is 13.2. The van der Waals surface area contributed by atoms with Gasteiger partial charge in [-0.15, -0.1) is 0 Å². The third kappa shape index (κ3) is 3.31. The number of ether oxygens (including phenoxy) is 1. The molecule has 1 aliphatic rings. The molecule has 1 aliphatic heterocycles. The minimum Gasteiger partial charge on any atom is -0.481 e. The first-order valence-electron chi connectivity index (χ1n) is 6.55. The maximum absolute atomic E-state index is 12.1. The van der Waals surface area contributed by atoms with E-state index in [0.29, 0.717) is 30.1 Å². The molecule has 0 bridgehead atoms. The molecule has 0 unspecified atom stereocenters. The summed E-state index contributed by atoms with van der Waals surface area (Å²) < 4.78 is 5.38. The molecule has 0 fully saturated rings. The average molecular weight is 291 g/mol. The summed E-state index contributed by atoms with van der Waals surface area (Å²) in [7, 11) is 1.64. The van der Waals surface area contributed by atoms with E-state index in [0.717, 1.165) is 0 Å². The predicted molar refractivity (Wildman–Crippen MR) is 76.4 cm³/mol. The second-order valence-electron chi connectivity index (χ2n) is 4.63. The van der Waals surface area contributed by atoms with Crippen molar-refractivity contribution in [2.75, 3.05) is 31.6 Å². The van der Waals surface area contributed by atoms with Gasteiger partial charge in [0.2, 0.25) is 5.91 Å². The van der Waals surface area contributed by atoms with Crippen LogP contribution in [0.5, 0.6) is 5.75 Å². The molecule has 0 saturated heterocycles.